The summed E-state index contributed by atoms with van der Waals surface area (Å²) in [6.07, 6.45) is 1.36. The van der Waals surface area contributed by atoms with E-state index in [9.17, 15) is 4.79 Å². The Kier molecular flexibility index (Phi) is 6.42. The predicted molar refractivity (Wildman–Crippen MR) is 90.8 cm³/mol. The lowest BCUT2D eigenvalue weighted by Crippen LogP contribution is -2.46. The number of carbonyl (C=O) groups excluding carboxylic acids is 1. The minimum atomic E-state index is -1.90. The number of hydrogen-bond acceptors (Lipinski definition) is 6. The quantitative estimate of drug-likeness (QED) is 0.415. The van der Waals surface area contributed by atoms with Crippen LogP contribution in [0.15, 0.2) is 36.5 Å². The second-order valence-electron chi connectivity index (χ2n) is 5.16. The fraction of sp³-hybridized carbons (Fsp3) is 0.389. The highest BCUT2D eigenvalue weighted by molar-refractivity contribution is 5.99. The predicted octanol–water partition coefficient (Wildman–Crippen LogP) is 2.06. The van der Waals surface area contributed by atoms with Gasteiger partial charge in [-0.25, -0.2) is 4.68 Å². The minimum Gasteiger partial charge on any atom is -0.324 e. The van der Waals surface area contributed by atoms with Crippen molar-refractivity contribution in [2.45, 2.75) is 25.9 Å². The van der Waals surface area contributed by atoms with Crippen LogP contribution in [0.1, 0.15) is 35.9 Å². The number of rotatable bonds is 8. The van der Waals surface area contributed by atoms with Crippen molar-refractivity contribution >= 4 is 5.78 Å². The van der Waals surface area contributed by atoms with Crippen molar-refractivity contribution in [3.8, 4) is 11.8 Å². The van der Waals surface area contributed by atoms with Crippen LogP contribution in [0.4, 0.5) is 0 Å². The molecule has 1 atom stereocenters. The molecule has 0 bridgehead atoms. The first-order chi connectivity index (χ1) is 12.1. The molecule has 0 amide bonds. The highest BCUT2D eigenvalue weighted by atomic mass is 16.9. The summed E-state index contributed by atoms with van der Waals surface area (Å²) in [5.74, 6) is 2.96. The first-order valence-corrected chi connectivity index (χ1v) is 7.73. The Labute approximate surface area is 146 Å². The van der Waals surface area contributed by atoms with Crippen molar-refractivity contribution in [1.29, 1.82) is 0 Å². The van der Waals surface area contributed by atoms with Crippen LogP contribution in [-0.4, -0.2) is 47.6 Å². The van der Waals surface area contributed by atoms with Gasteiger partial charge in [-0.1, -0.05) is 41.5 Å². The maximum absolute atomic E-state index is 13.0. The van der Waals surface area contributed by atoms with E-state index >= 15 is 0 Å². The average Bonchev–Trinajstić information content (AvgIpc) is 3.15. The fourth-order valence-corrected chi connectivity index (χ4v) is 2.38. The van der Waals surface area contributed by atoms with Crippen molar-refractivity contribution in [3.05, 3.63) is 47.8 Å². The standard InChI is InChI=1S/C18H21N3O4/c1-5-6-12-25-18(23-3,24-4)17(22)16-13-19-20-21(16)14(2)15-10-8-7-9-11-15/h7-11,13-14H,12H2,1-4H3/t14-/m1/s1. The van der Waals surface area contributed by atoms with Gasteiger partial charge in [0.2, 0.25) is 0 Å². The maximum atomic E-state index is 13.0. The van der Waals surface area contributed by atoms with Crippen LogP contribution in [0, 0.1) is 11.8 Å². The van der Waals surface area contributed by atoms with Gasteiger partial charge < -0.3 is 14.2 Å². The molecule has 0 fully saturated rings. The lowest BCUT2D eigenvalue weighted by Gasteiger charge is -2.28. The van der Waals surface area contributed by atoms with Crippen LogP contribution in [0.5, 0.6) is 0 Å². The van der Waals surface area contributed by atoms with Crippen LogP contribution in [0.3, 0.4) is 0 Å². The molecule has 2 rings (SSSR count). The van der Waals surface area contributed by atoms with E-state index in [-0.39, 0.29) is 18.3 Å². The fourth-order valence-electron chi connectivity index (χ4n) is 2.38. The molecule has 1 aromatic heterocycles. The van der Waals surface area contributed by atoms with Crippen molar-refractivity contribution in [1.82, 2.24) is 15.0 Å². The second-order valence-corrected chi connectivity index (χ2v) is 5.16. The van der Waals surface area contributed by atoms with E-state index in [1.165, 1.54) is 25.1 Å². The van der Waals surface area contributed by atoms with Crippen LogP contribution >= 0.6 is 0 Å². The van der Waals surface area contributed by atoms with E-state index in [0.717, 1.165) is 5.56 Å². The van der Waals surface area contributed by atoms with E-state index in [4.69, 9.17) is 14.2 Å². The van der Waals surface area contributed by atoms with Crippen LogP contribution in [-0.2, 0) is 14.2 Å². The van der Waals surface area contributed by atoms with Gasteiger partial charge in [0.25, 0.3) is 5.78 Å². The van der Waals surface area contributed by atoms with Crippen LogP contribution in [0.2, 0.25) is 0 Å². The Morgan fingerprint density at radius 1 is 1.28 bits per heavy atom. The summed E-state index contributed by atoms with van der Waals surface area (Å²) >= 11 is 0. The van der Waals surface area contributed by atoms with Gasteiger partial charge in [0.1, 0.15) is 12.3 Å². The molecule has 7 nitrogen and oxygen atoms in total. The number of methoxy groups -OCH3 is 2. The van der Waals surface area contributed by atoms with Gasteiger partial charge in [-0.3, -0.25) is 4.79 Å². The minimum absolute atomic E-state index is 0.0142. The van der Waals surface area contributed by atoms with Gasteiger partial charge in [-0.05, 0) is 19.4 Å². The Hall–Kier alpha value is -2.53. The van der Waals surface area contributed by atoms with Crippen molar-refractivity contribution in [2.24, 2.45) is 0 Å². The molecule has 0 aliphatic carbocycles. The van der Waals surface area contributed by atoms with Gasteiger partial charge in [-0.15, -0.1) is 11.0 Å². The van der Waals surface area contributed by atoms with Crippen LogP contribution < -0.4 is 0 Å². The molecule has 0 N–H and O–H groups in total. The van der Waals surface area contributed by atoms with E-state index in [2.05, 4.69) is 22.2 Å². The number of aromatic nitrogens is 3. The van der Waals surface area contributed by atoms with Gasteiger partial charge >= 0.3 is 5.97 Å². The summed E-state index contributed by atoms with van der Waals surface area (Å²) in [4.78, 5) is 13.0. The number of nitrogens with zero attached hydrogens (tertiary/aromatic N) is 3. The maximum Gasteiger partial charge on any atom is 0.353 e. The Morgan fingerprint density at radius 2 is 1.96 bits per heavy atom. The summed E-state index contributed by atoms with van der Waals surface area (Å²) < 4.78 is 17.4. The van der Waals surface area contributed by atoms with Crippen molar-refractivity contribution < 1.29 is 19.0 Å². The Balaban J connectivity index is 2.35. The number of benzene rings is 1. The zero-order chi connectivity index (χ0) is 18.3. The molecule has 0 radical (unpaired) electrons. The summed E-state index contributed by atoms with van der Waals surface area (Å²) in [5, 5.41) is 7.91. The summed E-state index contributed by atoms with van der Waals surface area (Å²) in [5.41, 5.74) is 1.20. The molecule has 1 aromatic carbocycles. The molecule has 7 heteroatoms. The normalized spacial score (nSPS) is 12.3. The highest BCUT2D eigenvalue weighted by Crippen LogP contribution is 2.24. The molecule has 0 unspecified atom stereocenters. The monoisotopic (exact) mass is 343 g/mol. The van der Waals surface area contributed by atoms with Gasteiger partial charge in [0.15, 0.2) is 0 Å². The molecule has 1 heterocycles. The van der Waals surface area contributed by atoms with E-state index in [1.807, 2.05) is 37.3 Å². The van der Waals surface area contributed by atoms with Crippen molar-refractivity contribution in [3.63, 3.8) is 0 Å². The molecule has 0 saturated heterocycles. The molecular weight excluding hydrogens is 322 g/mol. The number of hydrogen-bond donors (Lipinski definition) is 0. The Morgan fingerprint density at radius 3 is 2.56 bits per heavy atom. The van der Waals surface area contributed by atoms with Gasteiger partial charge in [0, 0.05) is 14.2 Å². The van der Waals surface area contributed by atoms with Gasteiger partial charge in [-0.2, -0.15) is 0 Å². The van der Waals surface area contributed by atoms with Gasteiger partial charge in [0.05, 0.1) is 12.2 Å². The second kappa shape index (κ2) is 8.53. The summed E-state index contributed by atoms with van der Waals surface area (Å²) in [6.45, 7) is 3.58. The summed E-state index contributed by atoms with van der Waals surface area (Å²) in [7, 11) is 2.66. The highest BCUT2D eigenvalue weighted by Gasteiger charge is 2.43. The first kappa shape index (κ1) is 18.8. The number of carbonyl (C=O) groups is 1. The third-order valence-electron chi connectivity index (χ3n) is 3.78. The van der Waals surface area contributed by atoms with E-state index in [1.54, 1.807) is 6.92 Å². The largest absolute Gasteiger partial charge is 0.353 e. The summed E-state index contributed by atoms with van der Waals surface area (Å²) in [6, 6.07) is 9.47. The van der Waals surface area contributed by atoms with E-state index < -0.39 is 11.8 Å². The molecule has 0 saturated carbocycles. The molecule has 0 aliphatic rings. The molecule has 25 heavy (non-hydrogen) atoms. The molecule has 2 aromatic rings. The Bertz CT molecular complexity index is 757. The molecule has 0 spiro atoms. The number of ether oxygens (including phenoxy) is 3. The lowest BCUT2D eigenvalue weighted by atomic mass is 10.1. The third kappa shape index (κ3) is 3.94. The third-order valence-corrected chi connectivity index (χ3v) is 3.78. The lowest BCUT2D eigenvalue weighted by molar-refractivity contribution is -0.318. The van der Waals surface area contributed by atoms with Crippen LogP contribution in [0.25, 0.3) is 0 Å². The first-order valence-electron chi connectivity index (χ1n) is 7.73. The smallest absolute Gasteiger partial charge is 0.324 e. The van der Waals surface area contributed by atoms with Crippen molar-refractivity contribution in [2.75, 3.05) is 20.8 Å². The zero-order valence-corrected chi connectivity index (χ0v) is 14.7. The molecule has 132 valence electrons. The molecule has 0 aliphatic heterocycles. The SMILES string of the molecule is CC#CCOC(OC)(OC)C(=O)c1cnnn1[C@H](C)c1ccccc1. The molecular formula is C18H21N3O4. The topological polar surface area (TPSA) is 75.5 Å². The number of Topliss-reactive ketones (excluding diaryl/α,β-unsaturated/α-hetero) is 1. The van der Waals surface area contributed by atoms with E-state index in [0.29, 0.717) is 0 Å². The zero-order valence-electron chi connectivity index (χ0n) is 14.7. The average molecular weight is 343 g/mol. The number of ketones is 1.